The first-order valence-electron chi connectivity index (χ1n) is 10.9. The molecule has 168 valence electrons. The molecule has 0 aliphatic carbocycles. The zero-order valence-electron chi connectivity index (χ0n) is 18.4. The van der Waals surface area contributed by atoms with Crippen LogP contribution >= 0.6 is 0 Å². The molecule has 0 bridgehead atoms. The molecule has 1 aliphatic heterocycles. The van der Waals surface area contributed by atoms with E-state index in [1.807, 2.05) is 84.9 Å². The summed E-state index contributed by atoms with van der Waals surface area (Å²) in [6.45, 7) is 2.38. The second-order valence-electron chi connectivity index (χ2n) is 7.79. The van der Waals surface area contributed by atoms with Gasteiger partial charge < -0.3 is 20.1 Å². The van der Waals surface area contributed by atoms with Gasteiger partial charge in [0.15, 0.2) is 0 Å². The highest BCUT2D eigenvalue weighted by Crippen LogP contribution is 2.30. The lowest BCUT2D eigenvalue weighted by atomic mass is 9.95. The lowest BCUT2D eigenvalue weighted by Gasteiger charge is -2.28. The summed E-state index contributed by atoms with van der Waals surface area (Å²) in [6, 6.07) is 26.1. The van der Waals surface area contributed by atoms with Crippen LogP contribution in [0, 0.1) is 0 Å². The minimum Gasteiger partial charge on any atom is -0.489 e. The molecule has 4 rings (SSSR count). The molecule has 0 aromatic heterocycles. The number of esters is 1. The number of benzene rings is 3. The molecule has 2 amide bonds. The van der Waals surface area contributed by atoms with Gasteiger partial charge in [-0.15, -0.1) is 0 Å². The maximum absolute atomic E-state index is 13.0. The van der Waals surface area contributed by atoms with Gasteiger partial charge >= 0.3 is 12.0 Å². The largest absolute Gasteiger partial charge is 0.489 e. The SMILES string of the molecule is CC1=C(C(=O)OCCc2ccccc2)[C@H](c2cccc(OCc3ccccc3)c2)NC(=O)N1. The van der Waals surface area contributed by atoms with Gasteiger partial charge in [0.2, 0.25) is 0 Å². The monoisotopic (exact) mass is 442 g/mol. The number of carbonyl (C=O) groups is 2. The number of urea groups is 1. The van der Waals surface area contributed by atoms with Gasteiger partial charge in [0.1, 0.15) is 12.4 Å². The highest BCUT2D eigenvalue weighted by atomic mass is 16.5. The van der Waals surface area contributed by atoms with E-state index in [2.05, 4.69) is 10.6 Å². The van der Waals surface area contributed by atoms with E-state index in [9.17, 15) is 9.59 Å². The van der Waals surface area contributed by atoms with Gasteiger partial charge in [0.25, 0.3) is 0 Å². The highest BCUT2D eigenvalue weighted by Gasteiger charge is 2.32. The molecule has 0 saturated carbocycles. The van der Waals surface area contributed by atoms with E-state index in [1.54, 1.807) is 6.92 Å². The summed E-state index contributed by atoms with van der Waals surface area (Å²) >= 11 is 0. The van der Waals surface area contributed by atoms with Gasteiger partial charge in [0.05, 0.1) is 18.2 Å². The first-order valence-corrected chi connectivity index (χ1v) is 10.9. The molecule has 2 N–H and O–H groups in total. The molecular formula is C27H26N2O4. The molecular weight excluding hydrogens is 416 g/mol. The second kappa shape index (κ2) is 10.5. The summed E-state index contributed by atoms with van der Waals surface area (Å²) in [5.74, 6) is 0.190. The Morgan fingerprint density at radius 2 is 1.61 bits per heavy atom. The fourth-order valence-electron chi connectivity index (χ4n) is 3.72. The Morgan fingerprint density at radius 1 is 0.909 bits per heavy atom. The van der Waals surface area contributed by atoms with Gasteiger partial charge in [-0.05, 0) is 35.7 Å². The van der Waals surface area contributed by atoms with Crippen molar-refractivity contribution in [3.05, 3.63) is 113 Å². The molecule has 0 saturated heterocycles. The highest BCUT2D eigenvalue weighted by molar-refractivity contribution is 5.95. The molecule has 0 radical (unpaired) electrons. The zero-order chi connectivity index (χ0) is 23.0. The minimum atomic E-state index is -0.636. The van der Waals surface area contributed by atoms with Crippen molar-refractivity contribution in [1.29, 1.82) is 0 Å². The molecule has 6 heteroatoms. The van der Waals surface area contributed by atoms with E-state index in [1.165, 1.54) is 0 Å². The average Bonchev–Trinajstić information content (AvgIpc) is 2.84. The second-order valence-corrected chi connectivity index (χ2v) is 7.79. The third kappa shape index (κ3) is 5.80. The topological polar surface area (TPSA) is 76.7 Å². The van der Waals surface area contributed by atoms with Gasteiger partial charge in [-0.2, -0.15) is 0 Å². The Hall–Kier alpha value is -4.06. The lowest BCUT2D eigenvalue weighted by Crippen LogP contribution is -2.45. The quantitative estimate of drug-likeness (QED) is 0.497. The van der Waals surface area contributed by atoms with Crippen LogP contribution in [0.2, 0.25) is 0 Å². The van der Waals surface area contributed by atoms with Crippen LogP contribution < -0.4 is 15.4 Å². The number of hydrogen-bond acceptors (Lipinski definition) is 4. The Balaban J connectivity index is 1.48. The lowest BCUT2D eigenvalue weighted by molar-refractivity contribution is -0.139. The molecule has 0 unspecified atom stereocenters. The minimum absolute atomic E-state index is 0.251. The summed E-state index contributed by atoms with van der Waals surface area (Å²) in [5.41, 5.74) is 3.74. The molecule has 6 nitrogen and oxygen atoms in total. The Labute approximate surface area is 193 Å². The number of hydrogen-bond donors (Lipinski definition) is 2. The van der Waals surface area contributed by atoms with Crippen molar-refractivity contribution in [2.24, 2.45) is 0 Å². The van der Waals surface area contributed by atoms with Crippen molar-refractivity contribution in [3.63, 3.8) is 0 Å². The van der Waals surface area contributed by atoms with Crippen LogP contribution in [0.4, 0.5) is 4.79 Å². The van der Waals surface area contributed by atoms with Gasteiger partial charge in [-0.1, -0.05) is 72.8 Å². The van der Waals surface area contributed by atoms with E-state index in [0.717, 1.165) is 16.7 Å². The first-order chi connectivity index (χ1) is 16.1. The van der Waals surface area contributed by atoms with Crippen molar-refractivity contribution >= 4 is 12.0 Å². The normalized spacial score (nSPS) is 15.4. The van der Waals surface area contributed by atoms with Crippen LogP contribution in [-0.4, -0.2) is 18.6 Å². The van der Waals surface area contributed by atoms with Crippen LogP contribution in [0.25, 0.3) is 0 Å². The van der Waals surface area contributed by atoms with Crippen molar-refractivity contribution in [3.8, 4) is 5.75 Å². The van der Waals surface area contributed by atoms with Gasteiger partial charge in [-0.3, -0.25) is 0 Å². The number of nitrogens with one attached hydrogen (secondary N) is 2. The standard InChI is InChI=1S/C27H26N2O4/c1-19-24(26(30)32-16-15-20-9-4-2-5-10-20)25(29-27(31)28-19)22-13-8-14-23(17-22)33-18-21-11-6-3-7-12-21/h2-14,17,25H,15-16,18H2,1H3,(H2,28,29,31)/t25-/m0/s1. The van der Waals surface area contributed by atoms with E-state index in [4.69, 9.17) is 9.47 Å². The summed E-state index contributed by atoms with van der Waals surface area (Å²) in [6.07, 6.45) is 0.617. The fraction of sp³-hybridized carbons (Fsp3) is 0.185. The summed E-state index contributed by atoms with van der Waals surface area (Å²) in [7, 11) is 0. The Kier molecular flexibility index (Phi) is 7.05. The number of ether oxygens (including phenoxy) is 2. The van der Waals surface area contributed by atoms with Crippen LogP contribution in [0.1, 0.15) is 29.7 Å². The van der Waals surface area contributed by atoms with Crippen molar-refractivity contribution in [1.82, 2.24) is 10.6 Å². The molecule has 3 aromatic rings. The molecule has 0 spiro atoms. The van der Waals surface area contributed by atoms with Crippen LogP contribution in [0.5, 0.6) is 5.75 Å². The maximum Gasteiger partial charge on any atom is 0.338 e. The van der Waals surface area contributed by atoms with Gasteiger partial charge in [0, 0.05) is 12.1 Å². The van der Waals surface area contributed by atoms with Crippen LogP contribution in [0.15, 0.2) is 96.2 Å². The van der Waals surface area contributed by atoms with Crippen molar-refractivity contribution in [2.45, 2.75) is 26.0 Å². The summed E-state index contributed by atoms with van der Waals surface area (Å²) in [5, 5.41) is 5.52. The summed E-state index contributed by atoms with van der Waals surface area (Å²) < 4.78 is 11.5. The maximum atomic E-state index is 13.0. The third-order valence-electron chi connectivity index (χ3n) is 5.40. The predicted octanol–water partition coefficient (Wildman–Crippen LogP) is 4.68. The molecule has 1 aliphatic rings. The Morgan fingerprint density at radius 3 is 2.33 bits per heavy atom. The third-order valence-corrected chi connectivity index (χ3v) is 5.40. The van der Waals surface area contributed by atoms with Crippen molar-refractivity contribution in [2.75, 3.05) is 6.61 Å². The molecule has 0 fully saturated rings. The van der Waals surface area contributed by atoms with E-state index >= 15 is 0 Å². The first kappa shape index (κ1) is 22.1. The number of rotatable bonds is 8. The predicted molar refractivity (Wildman–Crippen MR) is 125 cm³/mol. The van der Waals surface area contributed by atoms with E-state index in [-0.39, 0.29) is 12.6 Å². The Bertz CT molecular complexity index is 1140. The van der Waals surface area contributed by atoms with Crippen LogP contribution in [0.3, 0.4) is 0 Å². The number of allylic oxidation sites excluding steroid dienone is 1. The smallest absolute Gasteiger partial charge is 0.338 e. The van der Waals surface area contributed by atoms with E-state index in [0.29, 0.717) is 30.0 Å². The molecule has 1 heterocycles. The molecule has 1 atom stereocenters. The van der Waals surface area contributed by atoms with Gasteiger partial charge in [-0.25, -0.2) is 9.59 Å². The zero-order valence-corrected chi connectivity index (χ0v) is 18.4. The molecule has 3 aromatic carbocycles. The molecule has 33 heavy (non-hydrogen) atoms. The fourth-order valence-corrected chi connectivity index (χ4v) is 3.72. The van der Waals surface area contributed by atoms with Crippen LogP contribution in [-0.2, 0) is 22.6 Å². The average molecular weight is 443 g/mol. The summed E-state index contributed by atoms with van der Waals surface area (Å²) in [4.78, 5) is 25.2. The van der Waals surface area contributed by atoms with E-state index < -0.39 is 12.0 Å². The van der Waals surface area contributed by atoms with Crippen molar-refractivity contribution < 1.29 is 19.1 Å². The number of carbonyl (C=O) groups excluding carboxylic acids is 2. The number of amides is 2.